The average molecular weight is 302 g/mol. The van der Waals surface area contributed by atoms with Crippen molar-refractivity contribution in [1.82, 2.24) is 0 Å². The zero-order valence-corrected chi connectivity index (χ0v) is 12.7. The van der Waals surface area contributed by atoms with Crippen molar-refractivity contribution in [2.45, 2.75) is 6.10 Å². The lowest BCUT2D eigenvalue weighted by Crippen LogP contribution is -1.97. The normalized spacial score (nSPS) is 12.4. The summed E-state index contributed by atoms with van der Waals surface area (Å²) in [4.78, 5) is 4.56. The second kappa shape index (κ2) is 7.54. The molecular weight excluding hydrogens is 284 g/mol. The molecule has 0 spiro atoms. The maximum absolute atomic E-state index is 9.10. The third-order valence-electron chi connectivity index (χ3n) is 3.72. The lowest BCUT2D eigenvalue weighted by Gasteiger charge is -2.08. The van der Waals surface area contributed by atoms with Gasteiger partial charge in [-0.3, -0.25) is 5.26 Å². The highest BCUT2D eigenvalue weighted by atomic mass is 17.1. The topological polar surface area (TPSA) is 29.5 Å². The van der Waals surface area contributed by atoms with E-state index in [2.05, 4.69) is 41.3 Å². The van der Waals surface area contributed by atoms with Crippen LogP contribution in [0.15, 0.2) is 91.0 Å². The van der Waals surface area contributed by atoms with E-state index >= 15 is 0 Å². The molecule has 0 saturated heterocycles. The molecule has 23 heavy (non-hydrogen) atoms. The van der Waals surface area contributed by atoms with E-state index in [9.17, 15) is 0 Å². The van der Waals surface area contributed by atoms with E-state index in [1.807, 2.05) is 60.7 Å². The van der Waals surface area contributed by atoms with Crippen LogP contribution in [0.4, 0.5) is 0 Å². The van der Waals surface area contributed by atoms with Crippen molar-refractivity contribution in [2.24, 2.45) is 0 Å². The highest BCUT2D eigenvalue weighted by Gasteiger charge is 2.06. The fourth-order valence-electron chi connectivity index (χ4n) is 2.47. The van der Waals surface area contributed by atoms with Crippen molar-refractivity contribution in [2.75, 3.05) is 0 Å². The van der Waals surface area contributed by atoms with Gasteiger partial charge in [-0.25, -0.2) is 4.89 Å². The summed E-state index contributed by atoms with van der Waals surface area (Å²) in [6, 6.07) is 28.2. The number of rotatable bonds is 5. The van der Waals surface area contributed by atoms with Crippen molar-refractivity contribution in [3.8, 4) is 11.1 Å². The molecule has 0 bridgehead atoms. The van der Waals surface area contributed by atoms with Crippen LogP contribution in [0.2, 0.25) is 0 Å². The lowest BCUT2D eigenvalue weighted by atomic mass is 10.0. The first-order chi connectivity index (χ1) is 11.4. The van der Waals surface area contributed by atoms with Gasteiger partial charge in [0.05, 0.1) is 0 Å². The van der Waals surface area contributed by atoms with Gasteiger partial charge in [-0.05, 0) is 28.3 Å². The maximum atomic E-state index is 9.10. The third-order valence-corrected chi connectivity index (χ3v) is 3.72. The monoisotopic (exact) mass is 302 g/mol. The first-order valence-corrected chi connectivity index (χ1v) is 7.56. The Morgan fingerprint density at radius 2 is 1.26 bits per heavy atom. The first-order valence-electron chi connectivity index (χ1n) is 7.56. The summed E-state index contributed by atoms with van der Waals surface area (Å²) < 4.78 is 0. The van der Waals surface area contributed by atoms with Crippen molar-refractivity contribution >= 4 is 6.08 Å². The summed E-state index contributed by atoms with van der Waals surface area (Å²) in [5, 5.41) is 9.10. The molecule has 0 heterocycles. The molecule has 0 aliphatic carbocycles. The molecule has 0 aliphatic heterocycles. The van der Waals surface area contributed by atoms with Gasteiger partial charge in [0.25, 0.3) is 0 Å². The molecule has 114 valence electrons. The zero-order chi connectivity index (χ0) is 15.9. The second-order valence-electron chi connectivity index (χ2n) is 5.28. The molecule has 3 rings (SSSR count). The molecule has 2 heteroatoms. The van der Waals surface area contributed by atoms with E-state index in [0.717, 1.165) is 11.1 Å². The minimum Gasteiger partial charge on any atom is -0.251 e. The van der Waals surface area contributed by atoms with E-state index in [-0.39, 0.29) is 0 Å². The summed E-state index contributed by atoms with van der Waals surface area (Å²) >= 11 is 0. The van der Waals surface area contributed by atoms with Crippen molar-refractivity contribution in [3.05, 3.63) is 102 Å². The van der Waals surface area contributed by atoms with Crippen LogP contribution < -0.4 is 0 Å². The minimum atomic E-state index is -0.468. The van der Waals surface area contributed by atoms with Gasteiger partial charge in [-0.1, -0.05) is 91.0 Å². The first kappa shape index (κ1) is 15.2. The van der Waals surface area contributed by atoms with Crippen LogP contribution in [-0.2, 0) is 4.89 Å². The molecule has 0 aromatic heterocycles. The summed E-state index contributed by atoms with van der Waals surface area (Å²) in [6.07, 6.45) is 3.32. The Bertz CT molecular complexity index is 747. The molecule has 1 unspecified atom stereocenters. The van der Waals surface area contributed by atoms with E-state index < -0.39 is 6.10 Å². The predicted octanol–water partition coefficient (Wildman–Crippen LogP) is 5.60. The molecule has 3 aromatic rings. The van der Waals surface area contributed by atoms with Crippen molar-refractivity contribution in [1.29, 1.82) is 0 Å². The Morgan fingerprint density at radius 1 is 0.696 bits per heavy atom. The molecule has 1 N–H and O–H groups in total. The number of hydrogen-bond acceptors (Lipinski definition) is 2. The SMILES string of the molecule is OOC(/C=C/c1ccc(-c2ccccc2)cc1)c1ccccc1. The minimum absolute atomic E-state index is 0.468. The van der Waals surface area contributed by atoms with Gasteiger partial charge in [-0.2, -0.15) is 0 Å². The smallest absolute Gasteiger partial charge is 0.136 e. The fraction of sp³-hybridized carbons (Fsp3) is 0.0476. The quantitative estimate of drug-likeness (QED) is 0.491. The largest absolute Gasteiger partial charge is 0.251 e. The Hall–Kier alpha value is -2.68. The van der Waals surface area contributed by atoms with Gasteiger partial charge < -0.3 is 0 Å². The molecule has 0 fully saturated rings. The predicted molar refractivity (Wildman–Crippen MR) is 93.8 cm³/mol. The second-order valence-corrected chi connectivity index (χ2v) is 5.28. The highest BCUT2D eigenvalue weighted by molar-refractivity contribution is 5.65. The van der Waals surface area contributed by atoms with Gasteiger partial charge in [0.15, 0.2) is 0 Å². The van der Waals surface area contributed by atoms with Gasteiger partial charge in [0.2, 0.25) is 0 Å². The van der Waals surface area contributed by atoms with E-state index in [1.165, 1.54) is 11.1 Å². The van der Waals surface area contributed by atoms with Gasteiger partial charge in [0, 0.05) is 0 Å². The van der Waals surface area contributed by atoms with Crippen LogP contribution in [0.3, 0.4) is 0 Å². The highest BCUT2D eigenvalue weighted by Crippen LogP contribution is 2.22. The third kappa shape index (κ3) is 3.95. The van der Waals surface area contributed by atoms with Crippen LogP contribution in [-0.4, -0.2) is 5.26 Å². The van der Waals surface area contributed by atoms with Crippen molar-refractivity contribution < 1.29 is 10.1 Å². The Morgan fingerprint density at radius 3 is 1.87 bits per heavy atom. The standard InChI is InChI=1S/C21H18O2/c22-23-21(20-9-5-2-6-10-20)16-13-17-11-14-19(15-12-17)18-7-3-1-4-8-18/h1-16,21-22H/b16-13+. The summed E-state index contributed by atoms with van der Waals surface area (Å²) in [5.74, 6) is 0. The molecular formula is C21H18O2. The molecule has 0 amide bonds. The summed E-state index contributed by atoms with van der Waals surface area (Å²) in [7, 11) is 0. The molecule has 0 radical (unpaired) electrons. The summed E-state index contributed by atoms with van der Waals surface area (Å²) in [5.41, 5.74) is 4.35. The van der Waals surface area contributed by atoms with Crippen LogP contribution in [0, 0.1) is 0 Å². The molecule has 3 aromatic carbocycles. The Balaban J connectivity index is 1.75. The van der Waals surface area contributed by atoms with E-state index in [1.54, 1.807) is 0 Å². The van der Waals surface area contributed by atoms with Gasteiger partial charge >= 0.3 is 0 Å². The lowest BCUT2D eigenvalue weighted by molar-refractivity contribution is -0.268. The Kier molecular flexibility index (Phi) is 4.99. The van der Waals surface area contributed by atoms with Crippen LogP contribution in [0.25, 0.3) is 17.2 Å². The number of benzene rings is 3. The van der Waals surface area contributed by atoms with Crippen LogP contribution in [0.1, 0.15) is 17.2 Å². The van der Waals surface area contributed by atoms with E-state index in [4.69, 9.17) is 5.26 Å². The average Bonchev–Trinajstić information content (AvgIpc) is 2.64. The fourth-order valence-corrected chi connectivity index (χ4v) is 2.47. The van der Waals surface area contributed by atoms with Gasteiger partial charge in [0.1, 0.15) is 6.10 Å². The maximum Gasteiger partial charge on any atom is 0.136 e. The van der Waals surface area contributed by atoms with Crippen molar-refractivity contribution in [3.63, 3.8) is 0 Å². The molecule has 0 saturated carbocycles. The molecule has 0 aliphatic rings. The molecule has 1 atom stereocenters. The number of hydrogen-bond donors (Lipinski definition) is 1. The van der Waals surface area contributed by atoms with Gasteiger partial charge in [-0.15, -0.1) is 0 Å². The van der Waals surface area contributed by atoms with Crippen LogP contribution in [0.5, 0.6) is 0 Å². The summed E-state index contributed by atoms with van der Waals surface area (Å²) in [6.45, 7) is 0. The van der Waals surface area contributed by atoms with E-state index in [0.29, 0.717) is 0 Å². The Labute approximate surface area is 136 Å². The van der Waals surface area contributed by atoms with Crippen LogP contribution >= 0.6 is 0 Å². The zero-order valence-electron chi connectivity index (χ0n) is 12.7. The molecule has 2 nitrogen and oxygen atoms in total.